The van der Waals surface area contributed by atoms with Gasteiger partial charge >= 0.3 is 6.18 Å². The van der Waals surface area contributed by atoms with Gasteiger partial charge in [-0.1, -0.05) is 11.3 Å². The number of hydrogen-bond donors (Lipinski definition) is 1. The first-order chi connectivity index (χ1) is 8.36. The van der Waals surface area contributed by atoms with Crippen molar-refractivity contribution in [2.45, 2.75) is 19.6 Å². The minimum Gasteiger partial charge on any atom is -0.357 e. The van der Waals surface area contributed by atoms with Crippen molar-refractivity contribution in [2.75, 3.05) is 5.32 Å². The number of hydrogen-bond acceptors (Lipinski definition) is 4. The lowest BCUT2D eigenvalue weighted by molar-refractivity contribution is -0.134. The average molecular weight is 276 g/mol. The summed E-state index contributed by atoms with van der Waals surface area (Å²) in [6.45, 7) is 2.25. The SMILES string of the molecule is Cc1nn(C)cc1CNc1ncc(C(F)(F)F)s1. The summed E-state index contributed by atoms with van der Waals surface area (Å²) in [6, 6.07) is 0. The molecule has 0 aliphatic carbocycles. The molecule has 2 rings (SSSR count). The minimum atomic E-state index is -4.33. The van der Waals surface area contributed by atoms with Crippen molar-refractivity contribution in [1.82, 2.24) is 14.8 Å². The molecule has 0 atom stereocenters. The molecular weight excluding hydrogens is 265 g/mol. The Morgan fingerprint density at radius 3 is 2.67 bits per heavy atom. The first-order valence-corrected chi connectivity index (χ1v) is 5.94. The Hall–Kier alpha value is -1.57. The molecule has 0 radical (unpaired) electrons. The van der Waals surface area contributed by atoms with E-state index in [4.69, 9.17) is 0 Å². The molecule has 0 saturated carbocycles. The molecule has 18 heavy (non-hydrogen) atoms. The number of anilines is 1. The molecule has 0 amide bonds. The fraction of sp³-hybridized carbons (Fsp3) is 0.400. The third-order valence-corrected chi connectivity index (χ3v) is 3.33. The zero-order valence-corrected chi connectivity index (χ0v) is 10.6. The fourth-order valence-electron chi connectivity index (χ4n) is 1.48. The van der Waals surface area contributed by atoms with Gasteiger partial charge < -0.3 is 5.32 Å². The van der Waals surface area contributed by atoms with E-state index in [9.17, 15) is 13.2 Å². The van der Waals surface area contributed by atoms with Gasteiger partial charge in [-0.2, -0.15) is 18.3 Å². The predicted molar refractivity (Wildman–Crippen MR) is 62.4 cm³/mol. The number of nitrogens with zero attached hydrogens (tertiary/aromatic N) is 3. The number of rotatable bonds is 3. The van der Waals surface area contributed by atoms with Crippen LogP contribution in [0, 0.1) is 6.92 Å². The lowest BCUT2D eigenvalue weighted by atomic mass is 10.3. The molecule has 1 N–H and O–H groups in total. The van der Waals surface area contributed by atoms with Crippen LogP contribution in [0.2, 0.25) is 0 Å². The molecule has 4 nitrogen and oxygen atoms in total. The van der Waals surface area contributed by atoms with E-state index in [1.807, 2.05) is 13.1 Å². The van der Waals surface area contributed by atoms with Crippen molar-refractivity contribution in [3.8, 4) is 0 Å². The minimum absolute atomic E-state index is 0.255. The van der Waals surface area contributed by atoms with Crippen LogP contribution in [0.4, 0.5) is 18.3 Å². The summed E-state index contributed by atoms with van der Waals surface area (Å²) in [5.74, 6) is 0. The summed E-state index contributed by atoms with van der Waals surface area (Å²) in [6.07, 6.45) is -1.68. The summed E-state index contributed by atoms with van der Waals surface area (Å²) in [4.78, 5) is 2.99. The van der Waals surface area contributed by atoms with Crippen molar-refractivity contribution < 1.29 is 13.2 Å². The third kappa shape index (κ3) is 2.81. The zero-order chi connectivity index (χ0) is 13.3. The lowest BCUT2D eigenvalue weighted by Gasteiger charge is -2.01. The number of aryl methyl sites for hydroxylation is 2. The van der Waals surface area contributed by atoms with E-state index in [2.05, 4.69) is 15.4 Å². The Labute approximate surface area is 105 Å². The van der Waals surface area contributed by atoms with Gasteiger partial charge in [-0.25, -0.2) is 4.98 Å². The summed E-state index contributed by atoms with van der Waals surface area (Å²) in [5.41, 5.74) is 1.78. The van der Waals surface area contributed by atoms with Crippen LogP contribution in [0.5, 0.6) is 0 Å². The van der Waals surface area contributed by atoms with Gasteiger partial charge in [0.15, 0.2) is 5.13 Å². The molecule has 0 spiro atoms. The van der Waals surface area contributed by atoms with E-state index in [1.165, 1.54) is 0 Å². The Morgan fingerprint density at radius 2 is 2.17 bits per heavy atom. The summed E-state index contributed by atoms with van der Waals surface area (Å²) in [7, 11) is 1.79. The van der Waals surface area contributed by atoms with E-state index in [-0.39, 0.29) is 5.13 Å². The Morgan fingerprint density at radius 1 is 1.44 bits per heavy atom. The average Bonchev–Trinajstić information content (AvgIpc) is 2.81. The highest BCUT2D eigenvalue weighted by molar-refractivity contribution is 7.15. The number of alkyl halides is 3. The maximum absolute atomic E-state index is 12.4. The van der Waals surface area contributed by atoms with E-state index in [1.54, 1.807) is 11.7 Å². The Bertz CT molecular complexity index is 544. The largest absolute Gasteiger partial charge is 0.427 e. The van der Waals surface area contributed by atoms with Crippen LogP contribution in [0.25, 0.3) is 0 Å². The van der Waals surface area contributed by atoms with E-state index < -0.39 is 11.1 Å². The summed E-state index contributed by atoms with van der Waals surface area (Å²) in [5, 5.41) is 7.26. The number of halogens is 3. The van der Waals surface area contributed by atoms with Crippen molar-refractivity contribution in [2.24, 2.45) is 7.05 Å². The highest BCUT2D eigenvalue weighted by atomic mass is 32.1. The van der Waals surface area contributed by atoms with Crippen LogP contribution < -0.4 is 5.32 Å². The van der Waals surface area contributed by atoms with Gasteiger partial charge in [0, 0.05) is 25.4 Å². The molecule has 0 saturated heterocycles. The standard InChI is InChI=1S/C10H11F3N4S/c1-6-7(5-17(2)16-6)3-14-9-15-4-8(18-9)10(11,12)13/h4-5H,3H2,1-2H3,(H,14,15). The van der Waals surface area contributed by atoms with Crippen LogP contribution in [0.15, 0.2) is 12.4 Å². The van der Waals surface area contributed by atoms with Gasteiger partial charge in [-0.15, -0.1) is 0 Å². The normalized spacial score (nSPS) is 11.8. The lowest BCUT2D eigenvalue weighted by Crippen LogP contribution is -2.01. The van der Waals surface area contributed by atoms with Gasteiger partial charge in [0.05, 0.1) is 11.9 Å². The number of nitrogens with one attached hydrogen (secondary N) is 1. The van der Waals surface area contributed by atoms with Crippen LogP contribution in [-0.2, 0) is 19.8 Å². The first kappa shape index (κ1) is 12.9. The quantitative estimate of drug-likeness (QED) is 0.937. The predicted octanol–water partition coefficient (Wildman–Crippen LogP) is 2.82. The third-order valence-electron chi connectivity index (χ3n) is 2.33. The Balaban J connectivity index is 2.03. The molecule has 0 aromatic carbocycles. The Kier molecular flexibility index (Phi) is 3.29. The number of thiazole rings is 1. The smallest absolute Gasteiger partial charge is 0.357 e. The summed E-state index contributed by atoms with van der Waals surface area (Å²) >= 11 is 0.597. The second-order valence-electron chi connectivity index (χ2n) is 3.79. The molecule has 2 aromatic rings. The topological polar surface area (TPSA) is 42.7 Å². The van der Waals surface area contributed by atoms with E-state index >= 15 is 0 Å². The van der Waals surface area contributed by atoms with E-state index in [0.29, 0.717) is 17.9 Å². The molecule has 2 aromatic heterocycles. The second kappa shape index (κ2) is 4.60. The van der Waals surface area contributed by atoms with Crippen LogP contribution >= 0.6 is 11.3 Å². The first-order valence-electron chi connectivity index (χ1n) is 5.12. The summed E-state index contributed by atoms with van der Waals surface area (Å²) < 4.78 is 38.7. The van der Waals surface area contributed by atoms with Crippen LogP contribution in [0.1, 0.15) is 16.1 Å². The molecule has 0 bridgehead atoms. The molecule has 0 fully saturated rings. The van der Waals surface area contributed by atoms with Crippen molar-refractivity contribution in [3.05, 3.63) is 28.5 Å². The monoisotopic (exact) mass is 276 g/mol. The fourth-order valence-corrected chi connectivity index (χ4v) is 2.16. The molecule has 2 heterocycles. The van der Waals surface area contributed by atoms with Gasteiger partial charge in [0.2, 0.25) is 0 Å². The van der Waals surface area contributed by atoms with Gasteiger partial charge in [0.1, 0.15) is 4.88 Å². The maximum atomic E-state index is 12.4. The van der Waals surface area contributed by atoms with Gasteiger partial charge in [-0.05, 0) is 6.92 Å². The molecule has 8 heteroatoms. The van der Waals surface area contributed by atoms with Crippen molar-refractivity contribution in [3.63, 3.8) is 0 Å². The van der Waals surface area contributed by atoms with Crippen molar-refractivity contribution >= 4 is 16.5 Å². The molecule has 0 aliphatic rings. The van der Waals surface area contributed by atoms with Gasteiger partial charge in [0.25, 0.3) is 0 Å². The van der Waals surface area contributed by atoms with Crippen molar-refractivity contribution in [1.29, 1.82) is 0 Å². The molecule has 0 aliphatic heterocycles. The second-order valence-corrected chi connectivity index (χ2v) is 4.83. The number of aromatic nitrogens is 3. The maximum Gasteiger partial charge on any atom is 0.427 e. The zero-order valence-electron chi connectivity index (χ0n) is 9.75. The van der Waals surface area contributed by atoms with E-state index in [0.717, 1.165) is 17.5 Å². The van der Waals surface area contributed by atoms with Crippen LogP contribution in [0.3, 0.4) is 0 Å². The van der Waals surface area contributed by atoms with Crippen LogP contribution in [-0.4, -0.2) is 14.8 Å². The molecule has 98 valence electrons. The highest BCUT2D eigenvalue weighted by Crippen LogP contribution is 2.35. The molecule has 0 unspecified atom stereocenters. The highest BCUT2D eigenvalue weighted by Gasteiger charge is 2.33. The van der Waals surface area contributed by atoms with Gasteiger partial charge in [-0.3, -0.25) is 4.68 Å². The molecular formula is C10H11F3N4S.